The van der Waals surface area contributed by atoms with Gasteiger partial charge in [0, 0.05) is 22.7 Å². The second-order valence-corrected chi connectivity index (χ2v) is 12.0. The number of allylic oxidation sites excluding steroid dienone is 1. The Bertz CT molecular complexity index is 2370. The van der Waals surface area contributed by atoms with E-state index in [0.29, 0.717) is 22.1 Å². The molecule has 4 aromatic carbocycles. The summed E-state index contributed by atoms with van der Waals surface area (Å²) in [6, 6.07) is 19.0. The molecule has 10 nitrogen and oxygen atoms in total. The minimum Gasteiger partial charge on any atom is -0.463 e. The molecule has 0 aliphatic carbocycles. The number of fused-ring (bicyclic) bond motifs is 2. The summed E-state index contributed by atoms with van der Waals surface area (Å²) in [5, 5.41) is 12.6. The van der Waals surface area contributed by atoms with Gasteiger partial charge in [0.1, 0.15) is 5.75 Å². The summed E-state index contributed by atoms with van der Waals surface area (Å²) < 4.78 is 55.1. The van der Waals surface area contributed by atoms with E-state index in [-0.39, 0.29) is 49.1 Å². The molecule has 0 amide bonds. The van der Waals surface area contributed by atoms with Gasteiger partial charge in [-0.25, -0.2) is 14.6 Å². The van der Waals surface area contributed by atoms with Gasteiger partial charge in [-0.05, 0) is 59.7 Å². The number of thiazole rings is 1. The van der Waals surface area contributed by atoms with E-state index in [4.69, 9.17) is 21.1 Å². The number of aromatic nitrogens is 1. The van der Waals surface area contributed by atoms with Crippen molar-refractivity contribution < 1.29 is 37.2 Å². The standard InChI is InChI=1S/C34H21ClF3N3O7S/c1-2-47-32(44)27-28(19-7-12-21(35)13-8-19)40-30(42)26(49-33(40)39-29(27)34(36,37)38)17-24-23-6-4-3-5-18(23)11-16-25(24)48-31(43)20-9-14-22(15-10-20)41(45)46/h3-17,28H,2H2,1H3/b26-17-/t28-/m1/s1. The van der Waals surface area contributed by atoms with Crippen LogP contribution in [-0.2, 0) is 9.53 Å². The third kappa shape index (κ3) is 6.47. The summed E-state index contributed by atoms with van der Waals surface area (Å²) in [6.45, 7) is 1.21. The molecule has 2 heterocycles. The van der Waals surface area contributed by atoms with Crippen LogP contribution in [0.25, 0.3) is 16.8 Å². The first-order valence-corrected chi connectivity index (χ1v) is 15.6. The Kier molecular flexibility index (Phi) is 8.92. The van der Waals surface area contributed by atoms with Gasteiger partial charge in [0.05, 0.1) is 33.2 Å². The molecule has 248 valence electrons. The Balaban J connectivity index is 1.56. The molecule has 0 bridgehead atoms. The number of alkyl halides is 3. The van der Waals surface area contributed by atoms with Crippen LogP contribution in [0.4, 0.5) is 18.9 Å². The van der Waals surface area contributed by atoms with Gasteiger partial charge in [0.15, 0.2) is 10.5 Å². The van der Waals surface area contributed by atoms with Crippen molar-refractivity contribution in [2.75, 3.05) is 6.61 Å². The number of carbonyl (C=O) groups excluding carboxylic acids is 2. The Labute approximate surface area is 282 Å². The van der Waals surface area contributed by atoms with Crippen LogP contribution in [0.2, 0.25) is 5.02 Å². The van der Waals surface area contributed by atoms with Crippen LogP contribution in [0.3, 0.4) is 0 Å². The Hall–Kier alpha value is -5.60. The summed E-state index contributed by atoms with van der Waals surface area (Å²) in [4.78, 5) is 54.3. The lowest BCUT2D eigenvalue weighted by molar-refractivity contribution is -0.384. The molecule has 0 fully saturated rings. The number of ether oxygens (including phenoxy) is 2. The van der Waals surface area contributed by atoms with Gasteiger partial charge >= 0.3 is 18.1 Å². The molecule has 49 heavy (non-hydrogen) atoms. The van der Waals surface area contributed by atoms with Crippen LogP contribution < -0.4 is 19.6 Å². The molecule has 0 N–H and O–H groups in total. The predicted octanol–water partition coefficient (Wildman–Crippen LogP) is 6.27. The van der Waals surface area contributed by atoms with E-state index in [9.17, 15) is 37.7 Å². The van der Waals surface area contributed by atoms with Crippen LogP contribution in [0.15, 0.2) is 106 Å². The molecule has 0 unspecified atom stereocenters. The molecule has 15 heteroatoms. The SMILES string of the molecule is CCOC(=O)C1=C(C(F)(F)F)N=c2s/c(=C\c3c(OC(=O)c4ccc([N+](=O)[O-])cc4)ccc4ccccc34)c(=O)n2[C@@H]1c1ccc(Cl)cc1. The zero-order chi connectivity index (χ0) is 35.0. The quantitative estimate of drug-likeness (QED) is 0.0843. The van der Waals surface area contributed by atoms with Gasteiger partial charge in [-0.15, -0.1) is 0 Å². The monoisotopic (exact) mass is 707 g/mol. The smallest absolute Gasteiger partial charge is 0.434 e. The fourth-order valence-corrected chi connectivity index (χ4v) is 6.43. The van der Waals surface area contributed by atoms with Crippen LogP contribution >= 0.6 is 22.9 Å². The van der Waals surface area contributed by atoms with Gasteiger partial charge in [-0.3, -0.25) is 19.5 Å². The summed E-state index contributed by atoms with van der Waals surface area (Å²) >= 11 is 6.70. The first kappa shape index (κ1) is 33.3. The molecule has 1 atom stereocenters. The number of hydrogen-bond acceptors (Lipinski definition) is 9. The van der Waals surface area contributed by atoms with Crippen molar-refractivity contribution in [2.45, 2.75) is 19.1 Å². The Morgan fingerprint density at radius 1 is 1.02 bits per heavy atom. The third-order valence-electron chi connectivity index (χ3n) is 7.50. The van der Waals surface area contributed by atoms with E-state index >= 15 is 0 Å². The van der Waals surface area contributed by atoms with Gasteiger partial charge in [0.25, 0.3) is 11.2 Å². The lowest BCUT2D eigenvalue weighted by atomic mass is 9.95. The van der Waals surface area contributed by atoms with Crippen molar-refractivity contribution in [2.24, 2.45) is 4.99 Å². The van der Waals surface area contributed by atoms with Crippen LogP contribution in [0, 0.1) is 10.1 Å². The summed E-state index contributed by atoms with van der Waals surface area (Å²) in [7, 11) is 0. The molecule has 5 aromatic rings. The van der Waals surface area contributed by atoms with Gasteiger partial charge in [-0.1, -0.05) is 65.4 Å². The number of benzene rings is 4. The van der Waals surface area contributed by atoms with E-state index in [0.717, 1.165) is 16.7 Å². The predicted molar refractivity (Wildman–Crippen MR) is 174 cm³/mol. The van der Waals surface area contributed by atoms with E-state index in [2.05, 4.69) is 4.99 Å². The number of esters is 2. The number of carbonyl (C=O) groups is 2. The number of rotatable bonds is 7. The number of non-ortho nitro benzene ring substituents is 1. The maximum atomic E-state index is 14.5. The number of nitrogens with zero attached hydrogens (tertiary/aromatic N) is 3. The lowest BCUT2D eigenvalue weighted by Crippen LogP contribution is -2.41. The fourth-order valence-electron chi connectivity index (χ4n) is 5.32. The second kappa shape index (κ2) is 13.1. The molecular weight excluding hydrogens is 687 g/mol. The van der Waals surface area contributed by atoms with Crippen LogP contribution in [0.1, 0.15) is 34.5 Å². The first-order valence-electron chi connectivity index (χ1n) is 14.4. The number of nitro groups is 1. The molecule has 0 saturated carbocycles. The van der Waals surface area contributed by atoms with Crippen LogP contribution in [0.5, 0.6) is 5.75 Å². The molecular formula is C34H21ClF3N3O7S. The molecule has 0 spiro atoms. The van der Waals surface area contributed by atoms with E-state index in [1.54, 1.807) is 30.3 Å². The fraction of sp³-hybridized carbons (Fsp3) is 0.118. The molecule has 1 aliphatic heterocycles. The van der Waals surface area contributed by atoms with E-state index in [1.165, 1.54) is 55.5 Å². The van der Waals surface area contributed by atoms with Crippen molar-refractivity contribution in [3.8, 4) is 5.75 Å². The highest BCUT2D eigenvalue weighted by Crippen LogP contribution is 2.38. The van der Waals surface area contributed by atoms with Crippen LogP contribution in [-0.4, -0.2) is 34.2 Å². The number of nitro benzene ring substituents is 1. The summed E-state index contributed by atoms with van der Waals surface area (Å²) in [6.07, 6.45) is -3.71. The zero-order valence-corrected chi connectivity index (χ0v) is 26.6. The maximum absolute atomic E-state index is 14.5. The van der Waals surface area contributed by atoms with Gasteiger partial charge in [0.2, 0.25) is 0 Å². The zero-order valence-electron chi connectivity index (χ0n) is 25.1. The van der Waals surface area contributed by atoms with E-state index in [1.807, 2.05) is 0 Å². The van der Waals surface area contributed by atoms with Crippen molar-refractivity contribution in [3.05, 3.63) is 148 Å². The van der Waals surface area contributed by atoms with Gasteiger partial charge < -0.3 is 9.47 Å². The molecule has 1 aliphatic rings. The van der Waals surface area contributed by atoms with Gasteiger partial charge in [-0.2, -0.15) is 13.2 Å². The summed E-state index contributed by atoms with van der Waals surface area (Å²) in [5.41, 5.74) is -2.94. The molecule has 6 rings (SSSR count). The van der Waals surface area contributed by atoms with Crippen molar-refractivity contribution >= 4 is 57.4 Å². The highest BCUT2D eigenvalue weighted by Gasteiger charge is 2.45. The number of halogens is 4. The first-order chi connectivity index (χ1) is 23.4. The van der Waals surface area contributed by atoms with E-state index < -0.39 is 45.9 Å². The lowest BCUT2D eigenvalue weighted by Gasteiger charge is -2.26. The third-order valence-corrected chi connectivity index (χ3v) is 8.74. The number of hydrogen-bond donors (Lipinski definition) is 0. The van der Waals surface area contributed by atoms with Crippen molar-refractivity contribution in [1.82, 2.24) is 4.57 Å². The molecule has 0 radical (unpaired) electrons. The van der Waals surface area contributed by atoms with Crippen molar-refractivity contribution in [3.63, 3.8) is 0 Å². The van der Waals surface area contributed by atoms with Crippen molar-refractivity contribution in [1.29, 1.82) is 0 Å². The molecule has 1 aromatic heterocycles. The second-order valence-electron chi connectivity index (χ2n) is 10.5. The highest BCUT2D eigenvalue weighted by molar-refractivity contribution is 7.07. The largest absolute Gasteiger partial charge is 0.463 e. The molecule has 0 saturated heterocycles. The topological polar surface area (TPSA) is 130 Å². The highest BCUT2D eigenvalue weighted by atomic mass is 35.5. The normalized spacial score (nSPS) is 14.7. The average molecular weight is 708 g/mol. The Morgan fingerprint density at radius 3 is 2.37 bits per heavy atom. The minimum absolute atomic E-state index is 0.00494. The minimum atomic E-state index is -5.09. The Morgan fingerprint density at radius 2 is 1.71 bits per heavy atom. The summed E-state index contributed by atoms with van der Waals surface area (Å²) in [5.74, 6) is -2.13. The average Bonchev–Trinajstić information content (AvgIpc) is 3.39. The maximum Gasteiger partial charge on any atom is 0.434 e.